The SMILES string of the molecule is CC(=O)OC(/C=C/CI)COc1ccc(F)cc1. The van der Waals surface area contributed by atoms with Gasteiger partial charge in [0.25, 0.3) is 0 Å². The number of rotatable bonds is 6. The maximum Gasteiger partial charge on any atom is 0.303 e. The topological polar surface area (TPSA) is 35.5 Å². The molecule has 1 atom stereocenters. The van der Waals surface area contributed by atoms with E-state index >= 15 is 0 Å². The monoisotopic (exact) mass is 364 g/mol. The number of carbonyl (C=O) groups excluding carboxylic acids is 1. The Morgan fingerprint density at radius 3 is 2.67 bits per heavy atom. The molecule has 3 nitrogen and oxygen atoms in total. The number of allylic oxidation sites excluding steroid dienone is 1. The van der Waals surface area contributed by atoms with Crippen LogP contribution in [0.3, 0.4) is 0 Å². The molecule has 18 heavy (non-hydrogen) atoms. The van der Waals surface area contributed by atoms with Crippen molar-refractivity contribution >= 4 is 28.6 Å². The highest BCUT2D eigenvalue weighted by Crippen LogP contribution is 2.12. The van der Waals surface area contributed by atoms with E-state index < -0.39 is 6.10 Å². The van der Waals surface area contributed by atoms with Crippen molar-refractivity contribution in [1.29, 1.82) is 0 Å². The van der Waals surface area contributed by atoms with Gasteiger partial charge in [-0.15, -0.1) is 0 Å². The highest BCUT2D eigenvalue weighted by Gasteiger charge is 2.09. The Morgan fingerprint density at radius 2 is 2.11 bits per heavy atom. The smallest absolute Gasteiger partial charge is 0.303 e. The van der Waals surface area contributed by atoms with Gasteiger partial charge in [-0.25, -0.2) is 4.39 Å². The van der Waals surface area contributed by atoms with Crippen LogP contribution < -0.4 is 4.74 Å². The van der Waals surface area contributed by atoms with E-state index in [0.717, 1.165) is 4.43 Å². The number of esters is 1. The number of hydrogen-bond donors (Lipinski definition) is 0. The van der Waals surface area contributed by atoms with Crippen LogP contribution in [0.1, 0.15) is 6.92 Å². The summed E-state index contributed by atoms with van der Waals surface area (Å²) >= 11 is 2.19. The lowest BCUT2D eigenvalue weighted by Gasteiger charge is -2.14. The first-order chi connectivity index (χ1) is 8.61. The van der Waals surface area contributed by atoms with Gasteiger partial charge in [0.1, 0.15) is 18.2 Å². The minimum atomic E-state index is -0.428. The molecule has 5 heteroatoms. The van der Waals surface area contributed by atoms with Crippen molar-refractivity contribution in [2.75, 3.05) is 11.0 Å². The summed E-state index contributed by atoms with van der Waals surface area (Å²) in [5.41, 5.74) is 0. The van der Waals surface area contributed by atoms with E-state index in [1.807, 2.05) is 6.08 Å². The van der Waals surface area contributed by atoms with Crippen LogP contribution in [-0.2, 0) is 9.53 Å². The van der Waals surface area contributed by atoms with Gasteiger partial charge in [0.15, 0.2) is 6.10 Å². The molecule has 1 aromatic carbocycles. The fraction of sp³-hybridized carbons (Fsp3) is 0.308. The van der Waals surface area contributed by atoms with Crippen LogP contribution in [0.2, 0.25) is 0 Å². The number of alkyl halides is 1. The molecule has 0 aliphatic rings. The molecule has 0 bridgehead atoms. The molecule has 98 valence electrons. The Bertz CT molecular complexity index is 403. The Balaban J connectivity index is 2.52. The maximum absolute atomic E-state index is 12.7. The summed E-state index contributed by atoms with van der Waals surface area (Å²) in [6.45, 7) is 1.56. The second-order valence-electron chi connectivity index (χ2n) is 3.50. The number of hydrogen-bond acceptors (Lipinski definition) is 3. The lowest BCUT2D eigenvalue weighted by molar-refractivity contribution is -0.145. The molecule has 0 radical (unpaired) electrons. The molecule has 0 saturated carbocycles. The van der Waals surface area contributed by atoms with Gasteiger partial charge in [-0.3, -0.25) is 4.79 Å². The lowest BCUT2D eigenvalue weighted by atomic mass is 10.3. The van der Waals surface area contributed by atoms with E-state index in [0.29, 0.717) is 5.75 Å². The van der Waals surface area contributed by atoms with Gasteiger partial charge in [0, 0.05) is 11.4 Å². The van der Waals surface area contributed by atoms with Crippen LogP contribution in [-0.4, -0.2) is 23.1 Å². The van der Waals surface area contributed by atoms with Gasteiger partial charge in [-0.1, -0.05) is 28.7 Å². The molecule has 0 spiro atoms. The van der Waals surface area contributed by atoms with Gasteiger partial charge in [-0.2, -0.15) is 0 Å². The van der Waals surface area contributed by atoms with Crippen LogP contribution in [0.4, 0.5) is 4.39 Å². The fourth-order valence-electron chi connectivity index (χ4n) is 1.25. The average molecular weight is 364 g/mol. The van der Waals surface area contributed by atoms with Crippen molar-refractivity contribution in [3.8, 4) is 5.75 Å². The molecule has 0 amide bonds. The molecule has 0 aliphatic carbocycles. The van der Waals surface area contributed by atoms with Crippen molar-refractivity contribution < 1.29 is 18.7 Å². The van der Waals surface area contributed by atoms with Crippen LogP contribution in [0.15, 0.2) is 36.4 Å². The molecule has 1 unspecified atom stereocenters. The number of halogens is 2. The maximum atomic E-state index is 12.7. The van der Waals surface area contributed by atoms with Crippen LogP contribution in [0, 0.1) is 5.82 Å². The number of carbonyl (C=O) groups is 1. The van der Waals surface area contributed by atoms with E-state index in [-0.39, 0.29) is 18.4 Å². The van der Waals surface area contributed by atoms with E-state index in [9.17, 15) is 9.18 Å². The molecule has 0 saturated heterocycles. The summed E-state index contributed by atoms with van der Waals surface area (Å²) in [7, 11) is 0. The largest absolute Gasteiger partial charge is 0.489 e. The first kappa shape index (κ1) is 14.9. The number of benzene rings is 1. The molecule has 1 rings (SSSR count). The average Bonchev–Trinajstić information content (AvgIpc) is 2.34. The summed E-state index contributed by atoms with van der Waals surface area (Å²) in [5.74, 6) is -0.138. The van der Waals surface area contributed by atoms with Crippen LogP contribution in [0.5, 0.6) is 5.75 Å². The zero-order chi connectivity index (χ0) is 13.4. The Morgan fingerprint density at radius 1 is 1.44 bits per heavy atom. The zero-order valence-electron chi connectivity index (χ0n) is 9.94. The van der Waals surface area contributed by atoms with Gasteiger partial charge in [-0.05, 0) is 30.3 Å². The van der Waals surface area contributed by atoms with Gasteiger partial charge < -0.3 is 9.47 Å². The molecule has 0 heterocycles. The van der Waals surface area contributed by atoms with Crippen molar-refractivity contribution in [3.05, 3.63) is 42.2 Å². The molecule has 0 aliphatic heterocycles. The zero-order valence-corrected chi connectivity index (χ0v) is 12.1. The molecular weight excluding hydrogens is 350 g/mol. The Labute approximate surface area is 119 Å². The summed E-state index contributed by atoms with van der Waals surface area (Å²) in [6, 6.07) is 5.69. The normalized spacial score (nSPS) is 12.4. The van der Waals surface area contributed by atoms with Crippen molar-refractivity contribution in [2.24, 2.45) is 0 Å². The second-order valence-corrected chi connectivity index (χ2v) is 4.38. The first-order valence-corrected chi connectivity index (χ1v) is 6.92. The quantitative estimate of drug-likeness (QED) is 0.337. The van der Waals surface area contributed by atoms with Crippen molar-refractivity contribution in [3.63, 3.8) is 0 Å². The Kier molecular flexibility index (Phi) is 6.70. The van der Waals surface area contributed by atoms with Crippen molar-refractivity contribution in [2.45, 2.75) is 13.0 Å². The third-order valence-corrected chi connectivity index (χ3v) is 2.49. The molecule has 0 N–H and O–H groups in total. The van der Waals surface area contributed by atoms with E-state index in [1.54, 1.807) is 6.08 Å². The van der Waals surface area contributed by atoms with E-state index in [2.05, 4.69) is 22.6 Å². The lowest BCUT2D eigenvalue weighted by Crippen LogP contribution is -2.21. The van der Waals surface area contributed by atoms with Crippen molar-refractivity contribution in [1.82, 2.24) is 0 Å². The number of ether oxygens (including phenoxy) is 2. The van der Waals surface area contributed by atoms with Gasteiger partial charge >= 0.3 is 5.97 Å². The standard InChI is InChI=1S/C13H14FIO3/c1-10(16)18-13(3-2-8-15)9-17-12-6-4-11(14)5-7-12/h2-7,13H,8-9H2,1H3/b3-2+. The van der Waals surface area contributed by atoms with Gasteiger partial charge in [0.2, 0.25) is 0 Å². The first-order valence-electron chi connectivity index (χ1n) is 5.40. The minimum Gasteiger partial charge on any atom is -0.489 e. The third kappa shape index (κ3) is 6.00. The predicted octanol–water partition coefficient (Wildman–Crippen LogP) is 3.13. The third-order valence-electron chi connectivity index (χ3n) is 1.99. The van der Waals surface area contributed by atoms with Crippen LogP contribution in [0.25, 0.3) is 0 Å². The molecule has 0 aromatic heterocycles. The molecule has 1 aromatic rings. The predicted molar refractivity (Wildman–Crippen MR) is 75.5 cm³/mol. The fourth-order valence-corrected chi connectivity index (χ4v) is 1.55. The Hall–Kier alpha value is -1.11. The summed E-state index contributed by atoms with van der Waals surface area (Å²) < 4.78 is 24.0. The van der Waals surface area contributed by atoms with E-state index in [4.69, 9.17) is 9.47 Å². The molecule has 0 fully saturated rings. The van der Waals surface area contributed by atoms with E-state index in [1.165, 1.54) is 31.2 Å². The highest BCUT2D eigenvalue weighted by molar-refractivity contribution is 14.1. The summed E-state index contributed by atoms with van der Waals surface area (Å²) in [5, 5.41) is 0. The summed E-state index contributed by atoms with van der Waals surface area (Å²) in [6.07, 6.45) is 3.24. The van der Waals surface area contributed by atoms with Gasteiger partial charge in [0.05, 0.1) is 0 Å². The van der Waals surface area contributed by atoms with Crippen LogP contribution >= 0.6 is 22.6 Å². The minimum absolute atomic E-state index is 0.207. The second kappa shape index (κ2) is 8.07. The highest BCUT2D eigenvalue weighted by atomic mass is 127. The summed E-state index contributed by atoms with van der Waals surface area (Å²) in [4.78, 5) is 10.9. The molecular formula is C13H14FIO3.